The van der Waals surface area contributed by atoms with E-state index in [1.54, 1.807) is 25.1 Å². The maximum atomic E-state index is 12.0. The second kappa shape index (κ2) is 6.17. The second-order valence-electron chi connectivity index (χ2n) is 3.45. The van der Waals surface area contributed by atoms with E-state index >= 15 is 0 Å². The lowest BCUT2D eigenvalue weighted by atomic mass is 9.97. The summed E-state index contributed by atoms with van der Waals surface area (Å²) in [6.45, 7) is 1.58. The molecule has 1 unspecified atom stereocenters. The van der Waals surface area contributed by atoms with Gasteiger partial charge in [-0.2, -0.15) is 0 Å². The van der Waals surface area contributed by atoms with E-state index in [9.17, 15) is 9.59 Å². The fourth-order valence-electron chi connectivity index (χ4n) is 1.48. The molecule has 1 aromatic carbocycles. The summed E-state index contributed by atoms with van der Waals surface area (Å²) in [6, 6.07) is 5.04. The molecule has 3 nitrogen and oxygen atoms in total. The minimum atomic E-state index is -0.682. The van der Waals surface area contributed by atoms with Gasteiger partial charge in [-0.25, -0.2) is 4.79 Å². The van der Waals surface area contributed by atoms with Crippen LogP contribution in [0.2, 0.25) is 0 Å². The van der Waals surface area contributed by atoms with Crippen LogP contribution in [0.25, 0.3) is 0 Å². The van der Waals surface area contributed by atoms with Gasteiger partial charge in [-0.1, -0.05) is 28.1 Å². The molecular weight excluding hydrogens is 307 g/mol. The number of ketones is 1. The Kier molecular flexibility index (Phi) is 5.15. The highest BCUT2D eigenvalue weighted by Crippen LogP contribution is 2.21. The van der Waals surface area contributed by atoms with Crippen LogP contribution in [0.3, 0.4) is 0 Å². The minimum Gasteiger partial charge on any atom is -0.465 e. The van der Waals surface area contributed by atoms with E-state index in [4.69, 9.17) is 11.6 Å². The van der Waals surface area contributed by atoms with Crippen molar-refractivity contribution in [3.8, 4) is 0 Å². The summed E-state index contributed by atoms with van der Waals surface area (Å²) in [5.41, 5.74) is 1.31. The summed E-state index contributed by atoms with van der Waals surface area (Å²) in [5, 5.41) is -0.207. The van der Waals surface area contributed by atoms with Crippen LogP contribution in [0.4, 0.5) is 0 Å². The first-order valence-corrected chi connectivity index (χ1v) is 6.53. The minimum absolute atomic E-state index is 0.252. The summed E-state index contributed by atoms with van der Waals surface area (Å²) in [5.74, 6) is -0.810. The average molecular weight is 320 g/mol. The van der Waals surface area contributed by atoms with Gasteiger partial charge in [0.15, 0.2) is 5.78 Å². The number of hydrogen-bond donors (Lipinski definition) is 0. The molecule has 0 aromatic heterocycles. The lowest BCUT2D eigenvalue weighted by molar-refractivity contribution is 0.0597. The maximum Gasteiger partial charge on any atom is 0.338 e. The molecule has 1 atom stereocenters. The molecule has 17 heavy (non-hydrogen) atoms. The Bertz CT molecular complexity index is 443. The van der Waals surface area contributed by atoms with Crippen molar-refractivity contribution in [2.75, 3.05) is 7.11 Å². The Hall–Kier alpha value is -0.870. The molecule has 0 radical (unpaired) electrons. The number of hydrogen-bond acceptors (Lipinski definition) is 3. The first-order chi connectivity index (χ1) is 8.02. The molecule has 0 bridgehead atoms. The standard InChI is InChI=1S/C12H12BrClO3/c1-7(14)11(15)10-8(6-13)4-3-5-9(10)12(16)17-2/h3-5,7H,6H2,1-2H3. The molecule has 0 aliphatic carbocycles. The predicted octanol–water partition coefficient (Wildman–Crippen LogP) is 3.18. The van der Waals surface area contributed by atoms with Crippen molar-refractivity contribution in [1.29, 1.82) is 0 Å². The van der Waals surface area contributed by atoms with E-state index in [1.165, 1.54) is 7.11 Å². The zero-order valence-electron chi connectivity index (χ0n) is 9.50. The van der Waals surface area contributed by atoms with Crippen molar-refractivity contribution in [3.05, 3.63) is 34.9 Å². The molecule has 0 amide bonds. The van der Waals surface area contributed by atoms with E-state index in [2.05, 4.69) is 20.7 Å². The van der Waals surface area contributed by atoms with Gasteiger partial charge >= 0.3 is 5.97 Å². The summed E-state index contributed by atoms with van der Waals surface area (Å²) >= 11 is 9.08. The molecule has 0 aliphatic heterocycles. The van der Waals surface area contributed by atoms with Crippen LogP contribution in [0.1, 0.15) is 33.2 Å². The number of ether oxygens (including phenoxy) is 1. The fourth-order valence-corrected chi connectivity index (χ4v) is 2.06. The Morgan fingerprint density at radius 2 is 2.12 bits per heavy atom. The third kappa shape index (κ3) is 3.07. The zero-order chi connectivity index (χ0) is 13.0. The van der Waals surface area contributed by atoms with Crippen molar-refractivity contribution in [1.82, 2.24) is 0 Å². The first-order valence-electron chi connectivity index (χ1n) is 4.97. The van der Waals surface area contributed by atoms with Crippen LogP contribution in [0.5, 0.6) is 0 Å². The highest BCUT2D eigenvalue weighted by Gasteiger charge is 2.23. The fraction of sp³-hybridized carbons (Fsp3) is 0.333. The van der Waals surface area contributed by atoms with Gasteiger partial charge in [0.25, 0.3) is 0 Å². The number of alkyl halides is 2. The second-order valence-corrected chi connectivity index (χ2v) is 4.66. The quantitative estimate of drug-likeness (QED) is 0.486. The van der Waals surface area contributed by atoms with Crippen molar-refractivity contribution in [2.24, 2.45) is 0 Å². The van der Waals surface area contributed by atoms with Gasteiger partial charge in [0, 0.05) is 10.9 Å². The van der Waals surface area contributed by atoms with Crippen LogP contribution in [-0.4, -0.2) is 24.2 Å². The molecule has 0 aliphatic rings. The number of benzene rings is 1. The summed E-state index contributed by atoms with van der Waals surface area (Å²) < 4.78 is 4.66. The molecule has 0 saturated heterocycles. The number of carbonyl (C=O) groups excluding carboxylic acids is 2. The number of methoxy groups -OCH3 is 1. The van der Waals surface area contributed by atoms with Crippen LogP contribution in [0.15, 0.2) is 18.2 Å². The van der Waals surface area contributed by atoms with E-state index in [0.717, 1.165) is 5.56 Å². The van der Waals surface area contributed by atoms with Gasteiger partial charge in [0.1, 0.15) is 0 Å². The van der Waals surface area contributed by atoms with Crippen molar-refractivity contribution < 1.29 is 14.3 Å². The predicted molar refractivity (Wildman–Crippen MR) is 70.1 cm³/mol. The van der Waals surface area contributed by atoms with E-state index < -0.39 is 11.3 Å². The molecule has 0 spiro atoms. The summed E-state index contributed by atoms with van der Waals surface area (Å²) in [4.78, 5) is 23.6. The van der Waals surface area contributed by atoms with Gasteiger partial charge in [-0.05, 0) is 18.6 Å². The lowest BCUT2D eigenvalue weighted by Crippen LogP contribution is -2.18. The van der Waals surface area contributed by atoms with E-state index in [1.807, 2.05) is 0 Å². The van der Waals surface area contributed by atoms with Gasteiger partial charge in [-0.15, -0.1) is 11.6 Å². The third-order valence-corrected chi connectivity index (χ3v) is 3.11. The lowest BCUT2D eigenvalue weighted by Gasteiger charge is -2.12. The number of esters is 1. The van der Waals surface area contributed by atoms with Gasteiger partial charge < -0.3 is 4.74 Å². The maximum absolute atomic E-state index is 12.0. The van der Waals surface area contributed by atoms with Crippen LogP contribution < -0.4 is 0 Å². The highest BCUT2D eigenvalue weighted by molar-refractivity contribution is 9.08. The average Bonchev–Trinajstić information content (AvgIpc) is 2.35. The SMILES string of the molecule is COC(=O)c1cccc(CBr)c1C(=O)C(C)Cl. The van der Waals surface area contributed by atoms with Crippen molar-refractivity contribution in [2.45, 2.75) is 17.6 Å². The monoisotopic (exact) mass is 318 g/mol. The highest BCUT2D eigenvalue weighted by atomic mass is 79.9. The van der Waals surface area contributed by atoms with Crippen LogP contribution in [0, 0.1) is 0 Å². The zero-order valence-corrected chi connectivity index (χ0v) is 11.8. The van der Waals surface area contributed by atoms with Gasteiger partial charge in [0.05, 0.1) is 18.1 Å². The first kappa shape index (κ1) is 14.2. The Morgan fingerprint density at radius 1 is 1.47 bits per heavy atom. The van der Waals surface area contributed by atoms with Crippen LogP contribution >= 0.6 is 27.5 Å². The number of halogens is 2. The van der Waals surface area contributed by atoms with Gasteiger partial charge in [0.2, 0.25) is 0 Å². The number of Topliss-reactive ketones (excluding diaryl/α,β-unsaturated/α-hetero) is 1. The molecule has 0 heterocycles. The number of carbonyl (C=O) groups is 2. The topological polar surface area (TPSA) is 43.4 Å². The van der Waals surface area contributed by atoms with Crippen molar-refractivity contribution >= 4 is 39.3 Å². The molecule has 1 aromatic rings. The molecule has 1 rings (SSSR count). The van der Waals surface area contributed by atoms with E-state index in [-0.39, 0.29) is 11.3 Å². The summed E-state index contributed by atoms with van der Waals surface area (Å²) in [7, 11) is 1.28. The molecule has 92 valence electrons. The van der Waals surface area contributed by atoms with Gasteiger partial charge in [-0.3, -0.25) is 4.79 Å². The Labute approximate surface area is 113 Å². The largest absolute Gasteiger partial charge is 0.465 e. The Balaban J connectivity index is 3.40. The smallest absolute Gasteiger partial charge is 0.338 e. The number of rotatable bonds is 4. The third-order valence-electron chi connectivity index (χ3n) is 2.31. The summed E-state index contributed by atoms with van der Waals surface area (Å²) in [6.07, 6.45) is 0. The molecule has 0 N–H and O–H groups in total. The molecule has 5 heteroatoms. The molecule has 0 fully saturated rings. The van der Waals surface area contributed by atoms with Crippen molar-refractivity contribution in [3.63, 3.8) is 0 Å². The molecule has 0 saturated carbocycles. The Morgan fingerprint density at radius 3 is 2.59 bits per heavy atom. The van der Waals surface area contributed by atoms with E-state index in [0.29, 0.717) is 10.9 Å². The van der Waals surface area contributed by atoms with Crippen LogP contribution in [-0.2, 0) is 10.1 Å². The normalized spacial score (nSPS) is 12.0. The molecular formula is C12H12BrClO3.